The standard InChI is InChI=1S/C17H15N3O5S/c1-19-7-6-18-17(19)26(23,24)12-9-20(10-12)15(21)13-8-11-4-2-3-5-14(11)25-16(13)22/h2-8,12H,9-10H2,1H3. The summed E-state index contributed by atoms with van der Waals surface area (Å²) in [5.41, 5.74) is -0.437. The molecular weight excluding hydrogens is 358 g/mol. The number of aryl methyl sites for hydroxylation is 1. The van der Waals surface area contributed by atoms with Gasteiger partial charge in [0.2, 0.25) is 15.0 Å². The van der Waals surface area contributed by atoms with E-state index in [1.165, 1.54) is 21.7 Å². The summed E-state index contributed by atoms with van der Waals surface area (Å²) in [6.45, 7) is 0.0284. The molecule has 0 aliphatic carbocycles. The Morgan fingerprint density at radius 3 is 2.69 bits per heavy atom. The van der Waals surface area contributed by atoms with Crippen molar-refractivity contribution < 1.29 is 17.6 Å². The Hall–Kier alpha value is -2.94. The van der Waals surface area contributed by atoms with E-state index >= 15 is 0 Å². The molecule has 1 fully saturated rings. The number of carbonyl (C=O) groups excluding carboxylic acids is 1. The van der Waals surface area contributed by atoms with E-state index in [-0.39, 0.29) is 23.8 Å². The van der Waals surface area contributed by atoms with Crippen molar-refractivity contribution in [3.8, 4) is 0 Å². The number of carbonyl (C=O) groups is 1. The number of likely N-dealkylation sites (tertiary alicyclic amines) is 1. The van der Waals surface area contributed by atoms with E-state index in [0.29, 0.717) is 11.0 Å². The van der Waals surface area contributed by atoms with Crippen molar-refractivity contribution in [3.63, 3.8) is 0 Å². The van der Waals surface area contributed by atoms with Crippen LogP contribution in [-0.4, -0.2) is 47.1 Å². The third-order valence-corrected chi connectivity index (χ3v) is 6.56. The molecule has 1 aliphatic heterocycles. The summed E-state index contributed by atoms with van der Waals surface area (Å²) in [4.78, 5) is 29.8. The lowest BCUT2D eigenvalue weighted by atomic mass is 10.1. The van der Waals surface area contributed by atoms with Gasteiger partial charge in [-0.1, -0.05) is 18.2 Å². The van der Waals surface area contributed by atoms with Crippen molar-refractivity contribution in [1.29, 1.82) is 0 Å². The summed E-state index contributed by atoms with van der Waals surface area (Å²) in [5.74, 6) is -0.532. The van der Waals surface area contributed by atoms with Crippen molar-refractivity contribution in [2.45, 2.75) is 10.4 Å². The maximum atomic E-state index is 12.6. The first kappa shape index (κ1) is 16.5. The second-order valence-electron chi connectivity index (χ2n) is 6.18. The van der Waals surface area contributed by atoms with Crippen LogP contribution < -0.4 is 5.63 Å². The molecule has 3 aromatic rings. The third-order valence-electron chi connectivity index (χ3n) is 4.48. The molecule has 0 unspecified atom stereocenters. The molecule has 1 saturated heterocycles. The maximum absolute atomic E-state index is 12.6. The molecule has 4 rings (SSSR count). The summed E-state index contributed by atoms with van der Waals surface area (Å²) in [6.07, 6.45) is 2.96. The minimum absolute atomic E-state index is 0.0142. The molecular formula is C17H15N3O5S. The van der Waals surface area contributed by atoms with E-state index in [9.17, 15) is 18.0 Å². The zero-order chi connectivity index (χ0) is 18.5. The van der Waals surface area contributed by atoms with Gasteiger partial charge in [0.1, 0.15) is 16.4 Å². The minimum Gasteiger partial charge on any atom is -0.422 e. The van der Waals surface area contributed by atoms with Gasteiger partial charge in [-0.2, -0.15) is 0 Å². The zero-order valence-corrected chi connectivity index (χ0v) is 14.6. The number of hydrogen-bond acceptors (Lipinski definition) is 6. The van der Waals surface area contributed by atoms with E-state index in [0.717, 1.165) is 0 Å². The predicted octanol–water partition coefficient (Wildman–Crippen LogP) is 0.825. The molecule has 3 heterocycles. The van der Waals surface area contributed by atoms with Gasteiger partial charge in [-0.3, -0.25) is 4.79 Å². The van der Waals surface area contributed by atoms with Crippen LogP contribution in [0.4, 0.5) is 0 Å². The summed E-state index contributed by atoms with van der Waals surface area (Å²) in [6, 6.07) is 8.36. The van der Waals surface area contributed by atoms with Crippen molar-refractivity contribution in [3.05, 3.63) is 58.7 Å². The maximum Gasteiger partial charge on any atom is 0.349 e. The summed E-state index contributed by atoms with van der Waals surface area (Å²) in [7, 11) is -2.03. The molecule has 134 valence electrons. The van der Waals surface area contributed by atoms with Crippen molar-refractivity contribution >= 4 is 26.7 Å². The van der Waals surface area contributed by atoms with E-state index in [4.69, 9.17) is 4.42 Å². The Bertz CT molecular complexity index is 1170. The minimum atomic E-state index is -3.63. The lowest BCUT2D eigenvalue weighted by molar-refractivity contribution is 0.0654. The Kier molecular flexibility index (Phi) is 3.69. The molecule has 0 spiro atoms. The van der Waals surface area contributed by atoms with Crippen LogP contribution in [0.1, 0.15) is 10.4 Å². The van der Waals surface area contributed by atoms with Gasteiger partial charge in [0, 0.05) is 37.9 Å². The van der Waals surface area contributed by atoms with Crippen LogP contribution in [-0.2, 0) is 16.9 Å². The molecule has 0 N–H and O–H groups in total. The van der Waals surface area contributed by atoms with Gasteiger partial charge >= 0.3 is 5.63 Å². The van der Waals surface area contributed by atoms with Crippen molar-refractivity contribution in [1.82, 2.24) is 14.5 Å². The van der Waals surface area contributed by atoms with Gasteiger partial charge in [0.05, 0.1) is 0 Å². The Balaban J connectivity index is 1.56. The van der Waals surface area contributed by atoms with Gasteiger partial charge in [0.15, 0.2) is 0 Å². The highest BCUT2D eigenvalue weighted by atomic mass is 32.2. The van der Waals surface area contributed by atoms with E-state index < -0.39 is 26.6 Å². The molecule has 26 heavy (non-hydrogen) atoms. The van der Waals surface area contributed by atoms with Gasteiger partial charge in [0.25, 0.3) is 5.91 Å². The molecule has 8 nitrogen and oxygen atoms in total. The summed E-state index contributed by atoms with van der Waals surface area (Å²) in [5, 5.41) is -0.131. The Morgan fingerprint density at radius 1 is 1.27 bits per heavy atom. The number of imidazole rings is 1. The quantitative estimate of drug-likeness (QED) is 0.630. The Labute approximate surface area is 148 Å². The lowest BCUT2D eigenvalue weighted by Gasteiger charge is -2.38. The van der Waals surface area contributed by atoms with E-state index in [2.05, 4.69) is 4.98 Å². The fourth-order valence-electron chi connectivity index (χ4n) is 2.96. The fourth-order valence-corrected chi connectivity index (χ4v) is 4.68. The fraction of sp³-hybridized carbons (Fsp3) is 0.235. The van der Waals surface area contributed by atoms with Gasteiger partial charge in [-0.05, 0) is 12.1 Å². The number of rotatable bonds is 3. The van der Waals surface area contributed by atoms with Gasteiger partial charge in [-0.15, -0.1) is 0 Å². The number of para-hydroxylation sites is 1. The highest BCUT2D eigenvalue weighted by Gasteiger charge is 2.43. The van der Waals surface area contributed by atoms with Crippen LogP contribution in [0, 0.1) is 0 Å². The summed E-state index contributed by atoms with van der Waals surface area (Å²) >= 11 is 0. The number of hydrogen-bond donors (Lipinski definition) is 0. The zero-order valence-electron chi connectivity index (χ0n) is 13.8. The SMILES string of the molecule is Cn1ccnc1S(=O)(=O)C1CN(C(=O)c2cc3ccccc3oc2=O)C1. The lowest BCUT2D eigenvalue weighted by Crippen LogP contribution is -2.57. The van der Waals surface area contributed by atoms with Crippen LogP contribution in [0.5, 0.6) is 0 Å². The highest BCUT2D eigenvalue weighted by molar-refractivity contribution is 7.92. The first-order valence-corrected chi connectivity index (χ1v) is 9.46. The number of fused-ring (bicyclic) bond motifs is 1. The monoisotopic (exact) mass is 373 g/mol. The molecule has 0 saturated carbocycles. The molecule has 1 amide bonds. The average molecular weight is 373 g/mol. The number of sulfone groups is 1. The summed E-state index contributed by atoms with van der Waals surface area (Å²) < 4.78 is 31.7. The largest absolute Gasteiger partial charge is 0.422 e. The number of nitrogens with zero attached hydrogens (tertiary/aromatic N) is 3. The number of amides is 1. The van der Waals surface area contributed by atoms with Crippen molar-refractivity contribution in [2.75, 3.05) is 13.1 Å². The topological polar surface area (TPSA) is 102 Å². The molecule has 0 atom stereocenters. The molecule has 0 radical (unpaired) electrons. The third kappa shape index (κ3) is 2.51. The first-order chi connectivity index (χ1) is 12.4. The first-order valence-electron chi connectivity index (χ1n) is 7.91. The van der Waals surface area contributed by atoms with Crippen LogP contribution in [0.25, 0.3) is 11.0 Å². The molecule has 0 bridgehead atoms. The molecule has 1 aliphatic rings. The number of benzene rings is 1. The number of aromatic nitrogens is 2. The molecule has 9 heteroatoms. The highest BCUT2D eigenvalue weighted by Crippen LogP contribution is 2.24. The normalized spacial score (nSPS) is 15.2. The second kappa shape index (κ2) is 5.80. The Morgan fingerprint density at radius 2 is 2.00 bits per heavy atom. The van der Waals surface area contributed by atoms with Crippen molar-refractivity contribution in [2.24, 2.45) is 7.05 Å². The van der Waals surface area contributed by atoms with E-state index in [1.54, 1.807) is 37.5 Å². The van der Waals surface area contributed by atoms with Crippen LogP contribution >= 0.6 is 0 Å². The molecule has 2 aromatic heterocycles. The van der Waals surface area contributed by atoms with Gasteiger partial charge in [-0.25, -0.2) is 18.2 Å². The van der Waals surface area contributed by atoms with Crippen LogP contribution in [0.2, 0.25) is 0 Å². The smallest absolute Gasteiger partial charge is 0.349 e. The predicted molar refractivity (Wildman–Crippen MR) is 92.6 cm³/mol. The van der Waals surface area contributed by atoms with Gasteiger partial charge < -0.3 is 13.9 Å². The second-order valence-corrected chi connectivity index (χ2v) is 8.31. The average Bonchev–Trinajstić information content (AvgIpc) is 2.99. The van der Waals surface area contributed by atoms with E-state index in [1.807, 2.05) is 0 Å². The molecule has 1 aromatic carbocycles. The van der Waals surface area contributed by atoms with Crippen LogP contribution in [0.15, 0.2) is 57.1 Å². The van der Waals surface area contributed by atoms with Crippen LogP contribution in [0.3, 0.4) is 0 Å².